The maximum atomic E-state index is 10.9. The van der Waals surface area contributed by atoms with Crippen molar-refractivity contribution in [3.8, 4) is 5.69 Å². The first-order valence-electron chi connectivity index (χ1n) is 5.37. The van der Waals surface area contributed by atoms with Gasteiger partial charge in [-0.3, -0.25) is 0 Å². The number of carbonyl (C=O) groups is 1. The van der Waals surface area contributed by atoms with Gasteiger partial charge in [-0.25, -0.2) is 9.48 Å². The molecule has 1 heterocycles. The molecule has 0 saturated carbocycles. The summed E-state index contributed by atoms with van der Waals surface area (Å²) < 4.78 is 1.69. The first-order valence-corrected chi connectivity index (χ1v) is 5.37. The maximum Gasteiger partial charge on any atom is 0.356 e. The highest BCUT2D eigenvalue weighted by molar-refractivity contribution is 5.85. The summed E-state index contributed by atoms with van der Waals surface area (Å²) in [5, 5.41) is 13.1. The predicted molar refractivity (Wildman–Crippen MR) is 64.7 cm³/mol. The Morgan fingerprint density at radius 2 is 1.82 bits per heavy atom. The van der Waals surface area contributed by atoms with Gasteiger partial charge in [0.2, 0.25) is 0 Å². The Morgan fingerprint density at radius 1 is 1.24 bits per heavy atom. The summed E-state index contributed by atoms with van der Waals surface area (Å²) in [6.07, 6.45) is 0. The van der Waals surface area contributed by atoms with Gasteiger partial charge in [0.25, 0.3) is 0 Å². The highest BCUT2D eigenvalue weighted by atomic mass is 16.4. The zero-order valence-electron chi connectivity index (χ0n) is 10.1. The number of nitrogens with zero attached hydrogens (tertiary/aromatic N) is 2. The molecule has 0 spiro atoms. The summed E-state index contributed by atoms with van der Waals surface area (Å²) in [5.41, 5.74) is 4.00. The van der Waals surface area contributed by atoms with Crippen LogP contribution in [-0.2, 0) is 0 Å². The number of carboxylic acids is 1. The van der Waals surface area contributed by atoms with E-state index < -0.39 is 5.97 Å². The van der Waals surface area contributed by atoms with E-state index in [1.807, 2.05) is 39.0 Å². The second-order valence-corrected chi connectivity index (χ2v) is 4.13. The van der Waals surface area contributed by atoms with E-state index in [0.717, 1.165) is 22.5 Å². The van der Waals surface area contributed by atoms with Crippen molar-refractivity contribution in [1.82, 2.24) is 9.78 Å². The highest BCUT2D eigenvalue weighted by Gasteiger charge is 2.14. The van der Waals surface area contributed by atoms with Crippen LogP contribution in [0.5, 0.6) is 0 Å². The minimum atomic E-state index is -1.00. The molecule has 0 bridgehead atoms. The summed E-state index contributed by atoms with van der Waals surface area (Å²) in [5.74, 6) is -1.00. The minimum Gasteiger partial charge on any atom is -0.476 e. The molecule has 4 nitrogen and oxygen atoms in total. The molecule has 1 N–H and O–H groups in total. The van der Waals surface area contributed by atoms with Gasteiger partial charge in [0.15, 0.2) is 5.69 Å². The van der Waals surface area contributed by atoms with Gasteiger partial charge in [0, 0.05) is 5.69 Å². The van der Waals surface area contributed by atoms with Gasteiger partial charge >= 0.3 is 5.97 Å². The van der Waals surface area contributed by atoms with E-state index in [-0.39, 0.29) is 5.69 Å². The van der Waals surface area contributed by atoms with Gasteiger partial charge in [-0.15, -0.1) is 0 Å². The van der Waals surface area contributed by atoms with Crippen molar-refractivity contribution in [2.45, 2.75) is 20.8 Å². The molecule has 0 radical (unpaired) electrons. The first-order chi connectivity index (χ1) is 8.00. The average molecular weight is 230 g/mol. The molecule has 4 heteroatoms. The van der Waals surface area contributed by atoms with Crippen LogP contribution in [0.15, 0.2) is 24.3 Å². The Labute approximate surface area is 99.5 Å². The number of rotatable bonds is 2. The molecular weight excluding hydrogens is 216 g/mol. The van der Waals surface area contributed by atoms with Gasteiger partial charge in [-0.1, -0.05) is 18.2 Å². The van der Waals surface area contributed by atoms with Gasteiger partial charge < -0.3 is 5.11 Å². The molecule has 0 aliphatic carbocycles. The van der Waals surface area contributed by atoms with E-state index in [1.54, 1.807) is 10.7 Å². The smallest absolute Gasteiger partial charge is 0.356 e. The fourth-order valence-corrected chi connectivity index (χ4v) is 1.95. The quantitative estimate of drug-likeness (QED) is 0.862. The molecule has 2 rings (SSSR count). The second-order valence-electron chi connectivity index (χ2n) is 4.13. The standard InChI is InChI=1S/C13H14N2O2/c1-8-5-4-6-9(2)12(8)15-10(3)7-11(14-15)13(16)17/h4-7H,1-3H3,(H,16,17). The van der Waals surface area contributed by atoms with Crippen LogP contribution in [0.4, 0.5) is 0 Å². The topological polar surface area (TPSA) is 55.1 Å². The maximum absolute atomic E-state index is 10.9. The van der Waals surface area contributed by atoms with Gasteiger partial charge in [-0.05, 0) is 38.0 Å². The van der Waals surface area contributed by atoms with Crippen LogP contribution in [0.1, 0.15) is 27.3 Å². The zero-order chi connectivity index (χ0) is 12.6. The summed E-state index contributed by atoms with van der Waals surface area (Å²) in [6, 6.07) is 7.53. The molecule has 0 unspecified atom stereocenters. The highest BCUT2D eigenvalue weighted by Crippen LogP contribution is 2.20. The van der Waals surface area contributed by atoms with Gasteiger partial charge in [0.05, 0.1) is 5.69 Å². The SMILES string of the molecule is Cc1cccc(C)c1-n1nc(C(=O)O)cc1C. The fourth-order valence-electron chi connectivity index (χ4n) is 1.95. The third-order valence-electron chi connectivity index (χ3n) is 2.76. The molecule has 17 heavy (non-hydrogen) atoms. The number of hydrogen-bond acceptors (Lipinski definition) is 2. The number of para-hydroxylation sites is 1. The third-order valence-corrected chi connectivity index (χ3v) is 2.76. The summed E-state index contributed by atoms with van der Waals surface area (Å²) in [6.45, 7) is 5.83. The molecular formula is C13H14N2O2. The molecule has 1 aromatic heterocycles. The van der Waals surface area contributed by atoms with Gasteiger partial charge in [0.1, 0.15) is 0 Å². The minimum absolute atomic E-state index is 0.0742. The van der Waals surface area contributed by atoms with Crippen molar-refractivity contribution in [3.63, 3.8) is 0 Å². The summed E-state index contributed by atoms with van der Waals surface area (Å²) in [4.78, 5) is 10.9. The van der Waals surface area contributed by atoms with E-state index in [9.17, 15) is 4.79 Å². The lowest BCUT2D eigenvalue weighted by atomic mass is 10.1. The molecule has 88 valence electrons. The average Bonchev–Trinajstić information content (AvgIpc) is 2.61. The molecule has 0 fully saturated rings. The van der Waals surface area contributed by atoms with Crippen molar-refractivity contribution in [2.75, 3.05) is 0 Å². The van der Waals surface area contributed by atoms with Crippen molar-refractivity contribution >= 4 is 5.97 Å². The lowest BCUT2D eigenvalue weighted by Gasteiger charge is -2.11. The number of carboxylic acid groups (broad SMARTS) is 1. The van der Waals surface area contributed by atoms with Crippen LogP contribution in [0.25, 0.3) is 5.69 Å². The lowest BCUT2D eigenvalue weighted by molar-refractivity contribution is 0.0690. The summed E-state index contributed by atoms with van der Waals surface area (Å²) >= 11 is 0. The number of aromatic nitrogens is 2. The van der Waals surface area contributed by atoms with Crippen molar-refractivity contribution < 1.29 is 9.90 Å². The zero-order valence-corrected chi connectivity index (χ0v) is 10.1. The van der Waals surface area contributed by atoms with Crippen LogP contribution in [0, 0.1) is 20.8 Å². The van der Waals surface area contributed by atoms with Crippen molar-refractivity contribution in [1.29, 1.82) is 0 Å². The number of aryl methyl sites for hydroxylation is 3. The fraction of sp³-hybridized carbons (Fsp3) is 0.231. The van der Waals surface area contributed by atoms with E-state index in [2.05, 4.69) is 5.10 Å². The van der Waals surface area contributed by atoms with E-state index >= 15 is 0 Å². The van der Waals surface area contributed by atoms with E-state index in [0.29, 0.717) is 0 Å². The Bertz CT molecular complexity index is 565. The van der Waals surface area contributed by atoms with Crippen LogP contribution >= 0.6 is 0 Å². The van der Waals surface area contributed by atoms with Crippen LogP contribution in [0.3, 0.4) is 0 Å². The largest absolute Gasteiger partial charge is 0.476 e. The first kappa shape index (κ1) is 11.4. The molecule has 0 atom stereocenters. The lowest BCUT2D eigenvalue weighted by Crippen LogP contribution is -2.05. The monoisotopic (exact) mass is 230 g/mol. The molecule has 0 amide bonds. The molecule has 0 saturated heterocycles. The third kappa shape index (κ3) is 1.93. The summed E-state index contributed by atoms with van der Waals surface area (Å²) in [7, 11) is 0. The molecule has 0 aliphatic heterocycles. The van der Waals surface area contributed by atoms with Crippen molar-refractivity contribution in [2.24, 2.45) is 0 Å². The predicted octanol–water partition coefficient (Wildman–Crippen LogP) is 2.50. The second kappa shape index (κ2) is 4.05. The number of hydrogen-bond donors (Lipinski definition) is 1. The van der Waals surface area contributed by atoms with Crippen LogP contribution < -0.4 is 0 Å². The molecule has 1 aromatic carbocycles. The van der Waals surface area contributed by atoms with Crippen LogP contribution in [0.2, 0.25) is 0 Å². The van der Waals surface area contributed by atoms with E-state index in [4.69, 9.17) is 5.11 Å². The van der Waals surface area contributed by atoms with Crippen LogP contribution in [-0.4, -0.2) is 20.9 Å². The van der Waals surface area contributed by atoms with Crippen molar-refractivity contribution in [3.05, 3.63) is 46.8 Å². The Hall–Kier alpha value is -2.10. The number of aromatic carboxylic acids is 1. The van der Waals surface area contributed by atoms with Gasteiger partial charge in [-0.2, -0.15) is 5.10 Å². The Morgan fingerprint density at radius 3 is 2.29 bits per heavy atom. The molecule has 2 aromatic rings. The normalized spacial score (nSPS) is 10.5. The Balaban J connectivity index is 2.64. The number of benzene rings is 1. The van der Waals surface area contributed by atoms with E-state index in [1.165, 1.54) is 0 Å². The molecule has 0 aliphatic rings. The Kier molecular flexibility index (Phi) is 2.71.